The highest BCUT2D eigenvalue weighted by molar-refractivity contribution is 5.88. The second-order valence-electron chi connectivity index (χ2n) is 6.84. The Labute approximate surface area is 138 Å². The van der Waals surface area contributed by atoms with Crippen LogP contribution in [0.15, 0.2) is 30.3 Å². The molecule has 1 aromatic carbocycles. The van der Waals surface area contributed by atoms with E-state index in [2.05, 4.69) is 40.5 Å². The van der Waals surface area contributed by atoms with Gasteiger partial charge in [-0.1, -0.05) is 30.3 Å². The van der Waals surface area contributed by atoms with Gasteiger partial charge in [0.2, 0.25) is 5.91 Å². The van der Waals surface area contributed by atoms with E-state index in [9.17, 15) is 9.59 Å². The van der Waals surface area contributed by atoms with Gasteiger partial charge >= 0.3 is 0 Å². The fraction of sp³-hybridized carbons (Fsp3) is 0.579. The molecular weight excluding hydrogens is 288 g/mol. The monoisotopic (exact) mass is 314 g/mol. The van der Waals surface area contributed by atoms with Crippen molar-refractivity contribution in [1.82, 2.24) is 10.2 Å². The highest BCUT2D eigenvalue weighted by atomic mass is 16.2. The van der Waals surface area contributed by atoms with Crippen molar-refractivity contribution in [2.24, 2.45) is 11.8 Å². The van der Waals surface area contributed by atoms with Gasteiger partial charge in [-0.25, -0.2) is 0 Å². The number of hydrogen-bond acceptors (Lipinski definition) is 3. The molecule has 3 rings (SSSR count). The molecule has 1 amide bonds. The Balaban J connectivity index is 1.51. The van der Waals surface area contributed by atoms with Crippen molar-refractivity contribution in [3.63, 3.8) is 0 Å². The van der Waals surface area contributed by atoms with Gasteiger partial charge in [0.15, 0.2) is 5.78 Å². The Hall–Kier alpha value is -1.68. The minimum atomic E-state index is 0.0227. The number of likely N-dealkylation sites (tertiary alicyclic amines) is 1. The molecule has 124 valence electrons. The molecule has 2 aliphatic heterocycles. The maximum absolute atomic E-state index is 12.4. The molecule has 2 fully saturated rings. The summed E-state index contributed by atoms with van der Waals surface area (Å²) in [6, 6.07) is 10.6. The number of hydrogen-bond donors (Lipinski definition) is 1. The van der Waals surface area contributed by atoms with E-state index in [-0.39, 0.29) is 24.2 Å². The van der Waals surface area contributed by atoms with Crippen LogP contribution in [-0.2, 0) is 16.1 Å². The number of carbonyl (C=O) groups excluding carboxylic acids is 2. The Morgan fingerprint density at radius 3 is 2.52 bits per heavy atom. The summed E-state index contributed by atoms with van der Waals surface area (Å²) in [5.41, 5.74) is 1.36. The van der Waals surface area contributed by atoms with Crippen molar-refractivity contribution < 1.29 is 9.59 Å². The number of carbonyl (C=O) groups is 2. The lowest BCUT2D eigenvalue weighted by Crippen LogP contribution is -2.42. The van der Waals surface area contributed by atoms with Crippen molar-refractivity contribution in [1.29, 1.82) is 0 Å². The summed E-state index contributed by atoms with van der Waals surface area (Å²) < 4.78 is 0. The number of piperidine rings is 1. The quantitative estimate of drug-likeness (QED) is 0.932. The van der Waals surface area contributed by atoms with Gasteiger partial charge in [0.05, 0.1) is 6.54 Å². The first-order valence-corrected chi connectivity index (χ1v) is 8.78. The number of rotatable bonds is 3. The fourth-order valence-corrected chi connectivity index (χ4v) is 3.90. The number of ketones is 1. The Morgan fingerprint density at radius 1 is 1.04 bits per heavy atom. The average Bonchev–Trinajstić information content (AvgIpc) is 2.57. The van der Waals surface area contributed by atoms with Crippen molar-refractivity contribution >= 4 is 11.7 Å². The number of nitrogens with one attached hydrogen (secondary N) is 1. The summed E-state index contributed by atoms with van der Waals surface area (Å²) in [7, 11) is 0. The van der Waals surface area contributed by atoms with Crippen LogP contribution in [0.4, 0.5) is 0 Å². The number of nitrogens with zero attached hydrogens (tertiary/aromatic N) is 1. The maximum atomic E-state index is 12.4. The average molecular weight is 314 g/mol. The zero-order chi connectivity index (χ0) is 16.1. The Kier molecular flexibility index (Phi) is 5.44. The van der Waals surface area contributed by atoms with E-state index in [1.807, 2.05) is 0 Å². The molecule has 23 heavy (non-hydrogen) atoms. The van der Waals surface area contributed by atoms with Crippen LogP contribution < -0.4 is 5.32 Å². The lowest BCUT2D eigenvalue weighted by molar-refractivity contribution is -0.130. The Morgan fingerprint density at radius 2 is 1.78 bits per heavy atom. The minimum Gasteiger partial charge on any atom is -0.349 e. The zero-order valence-corrected chi connectivity index (χ0v) is 13.7. The molecule has 0 aliphatic carbocycles. The van der Waals surface area contributed by atoms with Crippen LogP contribution in [-0.4, -0.2) is 36.2 Å². The molecule has 4 heteroatoms. The summed E-state index contributed by atoms with van der Waals surface area (Å²) >= 11 is 0. The topological polar surface area (TPSA) is 49.4 Å². The van der Waals surface area contributed by atoms with Crippen LogP contribution in [0.1, 0.15) is 37.7 Å². The largest absolute Gasteiger partial charge is 0.349 e. The van der Waals surface area contributed by atoms with Gasteiger partial charge in [-0.05, 0) is 50.3 Å². The van der Waals surface area contributed by atoms with Crippen molar-refractivity contribution in [3.05, 3.63) is 35.9 Å². The molecule has 2 aliphatic rings. The SMILES string of the molecule is O=C1CCCC(C2CCN(Cc3ccccc3)CC2)C(=O)CN1. The lowest BCUT2D eigenvalue weighted by Gasteiger charge is -2.36. The summed E-state index contributed by atoms with van der Waals surface area (Å²) in [6.07, 6.45) is 4.48. The van der Waals surface area contributed by atoms with Crippen LogP contribution in [0.3, 0.4) is 0 Å². The third-order valence-electron chi connectivity index (χ3n) is 5.24. The van der Waals surface area contributed by atoms with E-state index in [1.54, 1.807) is 0 Å². The smallest absolute Gasteiger partial charge is 0.220 e. The standard InChI is InChI=1S/C19H26N2O2/c22-18-13-20-19(23)8-4-7-17(18)16-9-11-21(12-10-16)14-15-5-2-1-3-6-15/h1-3,5-6,16-17H,4,7-14H2,(H,20,23). The lowest BCUT2D eigenvalue weighted by atomic mass is 9.78. The molecule has 0 radical (unpaired) electrons. The van der Waals surface area contributed by atoms with E-state index < -0.39 is 0 Å². The van der Waals surface area contributed by atoms with Crippen molar-refractivity contribution in [2.75, 3.05) is 19.6 Å². The Bertz CT molecular complexity index is 536. The molecule has 2 heterocycles. The predicted molar refractivity (Wildman–Crippen MR) is 89.8 cm³/mol. The van der Waals surface area contributed by atoms with Gasteiger partial charge in [-0.3, -0.25) is 14.5 Å². The van der Waals surface area contributed by atoms with Crippen molar-refractivity contribution in [3.8, 4) is 0 Å². The van der Waals surface area contributed by atoms with Gasteiger partial charge < -0.3 is 5.32 Å². The first-order valence-electron chi connectivity index (χ1n) is 8.78. The van der Waals surface area contributed by atoms with E-state index in [0.717, 1.165) is 45.3 Å². The highest BCUT2D eigenvalue weighted by Gasteiger charge is 2.32. The van der Waals surface area contributed by atoms with E-state index in [4.69, 9.17) is 0 Å². The molecule has 2 saturated heterocycles. The van der Waals surface area contributed by atoms with Crippen LogP contribution in [0.5, 0.6) is 0 Å². The maximum Gasteiger partial charge on any atom is 0.220 e. The normalized spacial score (nSPS) is 24.8. The second kappa shape index (κ2) is 7.73. The van der Waals surface area contributed by atoms with Gasteiger partial charge in [0.1, 0.15) is 0 Å². The third kappa shape index (κ3) is 4.41. The van der Waals surface area contributed by atoms with E-state index in [0.29, 0.717) is 12.3 Å². The van der Waals surface area contributed by atoms with Gasteiger partial charge in [0, 0.05) is 18.9 Å². The van der Waals surface area contributed by atoms with Gasteiger partial charge in [-0.15, -0.1) is 0 Å². The number of Topliss-reactive ketones (excluding diaryl/α,β-unsaturated/α-hetero) is 1. The summed E-state index contributed by atoms with van der Waals surface area (Å²) in [4.78, 5) is 26.3. The zero-order valence-electron chi connectivity index (χ0n) is 13.7. The minimum absolute atomic E-state index is 0.0227. The number of benzene rings is 1. The molecule has 4 nitrogen and oxygen atoms in total. The number of amides is 1. The fourth-order valence-electron chi connectivity index (χ4n) is 3.90. The third-order valence-corrected chi connectivity index (χ3v) is 5.24. The van der Waals surface area contributed by atoms with E-state index in [1.165, 1.54) is 5.56 Å². The van der Waals surface area contributed by atoms with Crippen LogP contribution >= 0.6 is 0 Å². The van der Waals surface area contributed by atoms with Crippen LogP contribution in [0, 0.1) is 11.8 Å². The first kappa shape index (κ1) is 16.2. The van der Waals surface area contributed by atoms with Gasteiger partial charge in [0.25, 0.3) is 0 Å². The summed E-state index contributed by atoms with van der Waals surface area (Å²) in [6.45, 7) is 3.36. The van der Waals surface area contributed by atoms with Crippen LogP contribution in [0.25, 0.3) is 0 Å². The van der Waals surface area contributed by atoms with Crippen LogP contribution in [0.2, 0.25) is 0 Å². The molecule has 0 aromatic heterocycles. The summed E-state index contributed by atoms with van der Waals surface area (Å²) in [5, 5.41) is 2.75. The molecule has 1 N–H and O–H groups in total. The first-order chi connectivity index (χ1) is 11.2. The van der Waals surface area contributed by atoms with Crippen molar-refractivity contribution in [2.45, 2.75) is 38.6 Å². The molecule has 1 aromatic rings. The van der Waals surface area contributed by atoms with Gasteiger partial charge in [-0.2, -0.15) is 0 Å². The molecule has 0 spiro atoms. The molecule has 1 unspecified atom stereocenters. The van der Waals surface area contributed by atoms with E-state index >= 15 is 0 Å². The predicted octanol–water partition coefficient (Wildman–Crippen LogP) is 2.38. The molecule has 0 bridgehead atoms. The molecule has 0 saturated carbocycles. The highest BCUT2D eigenvalue weighted by Crippen LogP contribution is 2.30. The second-order valence-corrected chi connectivity index (χ2v) is 6.84. The molecule has 1 atom stereocenters. The summed E-state index contributed by atoms with van der Waals surface area (Å²) in [5.74, 6) is 0.896. The molecular formula is C19H26N2O2.